The van der Waals surface area contributed by atoms with Crippen molar-refractivity contribution in [3.63, 3.8) is 0 Å². The van der Waals surface area contributed by atoms with Crippen LogP contribution in [0.3, 0.4) is 0 Å². The fourth-order valence-electron chi connectivity index (χ4n) is 4.27. The van der Waals surface area contributed by atoms with Gasteiger partial charge in [0.1, 0.15) is 11.4 Å². The molecule has 2 aliphatic heterocycles. The quantitative estimate of drug-likeness (QED) is 0.725. The number of imide groups is 1. The van der Waals surface area contributed by atoms with Crippen molar-refractivity contribution in [3.05, 3.63) is 65.9 Å². The first-order valence-corrected chi connectivity index (χ1v) is 10.8. The first-order valence-electron chi connectivity index (χ1n) is 10.8. The van der Waals surface area contributed by atoms with Crippen molar-refractivity contribution in [1.82, 2.24) is 4.90 Å². The number of nitrogens with zero attached hydrogens (tertiary/aromatic N) is 2. The number of anilines is 1. The Balaban J connectivity index is 1.76. The van der Waals surface area contributed by atoms with E-state index in [2.05, 4.69) is 0 Å². The fourth-order valence-corrected chi connectivity index (χ4v) is 4.27. The van der Waals surface area contributed by atoms with Gasteiger partial charge >= 0.3 is 0 Å². The number of likely N-dealkylation sites (tertiary alicyclic amines) is 1. The van der Waals surface area contributed by atoms with Crippen LogP contribution in [0.15, 0.2) is 60.3 Å². The van der Waals surface area contributed by atoms with Gasteiger partial charge in [-0.15, -0.1) is 0 Å². The van der Waals surface area contributed by atoms with E-state index in [1.807, 2.05) is 61.2 Å². The van der Waals surface area contributed by atoms with Crippen LogP contribution in [0.1, 0.15) is 32.3 Å². The molecule has 1 saturated heterocycles. The van der Waals surface area contributed by atoms with Crippen LogP contribution >= 0.6 is 0 Å². The van der Waals surface area contributed by atoms with E-state index in [9.17, 15) is 14.7 Å². The molecule has 2 aliphatic rings. The summed E-state index contributed by atoms with van der Waals surface area (Å²) < 4.78 is 5.73. The van der Waals surface area contributed by atoms with Crippen molar-refractivity contribution in [3.8, 4) is 5.75 Å². The van der Waals surface area contributed by atoms with E-state index in [0.29, 0.717) is 35.6 Å². The Morgan fingerprint density at radius 2 is 1.74 bits per heavy atom. The smallest absolute Gasteiger partial charge is 0.282 e. The van der Waals surface area contributed by atoms with E-state index in [-0.39, 0.29) is 30.4 Å². The summed E-state index contributed by atoms with van der Waals surface area (Å²) >= 11 is 0. The van der Waals surface area contributed by atoms with E-state index >= 15 is 0 Å². The summed E-state index contributed by atoms with van der Waals surface area (Å²) in [5.41, 5.74) is 2.07. The topological polar surface area (TPSA) is 70.1 Å². The predicted octanol–water partition coefficient (Wildman–Crippen LogP) is 3.46. The molecule has 0 radical (unpaired) electrons. The summed E-state index contributed by atoms with van der Waals surface area (Å²) in [4.78, 5) is 30.3. The summed E-state index contributed by atoms with van der Waals surface area (Å²) in [5.74, 6) is 0.177. The van der Waals surface area contributed by atoms with Gasteiger partial charge in [0.2, 0.25) is 0 Å². The highest BCUT2D eigenvalue weighted by Crippen LogP contribution is 2.36. The average Bonchev–Trinajstić information content (AvgIpc) is 3.04. The van der Waals surface area contributed by atoms with E-state index in [1.54, 1.807) is 12.1 Å². The number of aliphatic hydroxyl groups is 1. The normalized spacial score (nSPS) is 19.5. The van der Waals surface area contributed by atoms with E-state index in [1.165, 1.54) is 4.90 Å². The summed E-state index contributed by atoms with van der Waals surface area (Å²) in [6.45, 7) is 5.24. The minimum Gasteiger partial charge on any atom is -0.491 e. The SMILES string of the molecule is CC(C)Oc1ccc(C2=C(N3CCCC(CO)C3)C(=O)N(c3ccccc3)C2=O)cc1. The molecule has 31 heavy (non-hydrogen) atoms. The number of piperidine rings is 1. The molecule has 162 valence electrons. The molecule has 0 saturated carbocycles. The Kier molecular flexibility index (Phi) is 6.09. The van der Waals surface area contributed by atoms with Gasteiger partial charge in [0.15, 0.2) is 0 Å². The van der Waals surface area contributed by atoms with Crippen LogP contribution in [-0.2, 0) is 9.59 Å². The van der Waals surface area contributed by atoms with Gasteiger partial charge in [-0.05, 0) is 62.4 Å². The highest BCUT2D eigenvalue weighted by atomic mass is 16.5. The van der Waals surface area contributed by atoms with Crippen LogP contribution in [0.5, 0.6) is 5.75 Å². The number of hydrogen-bond acceptors (Lipinski definition) is 5. The standard InChI is InChI=1S/C25H28N2O4/c1-17(2)31-21-12-10-19(11-13-21)22-23(26-14-6-7-18(15-26)16-28)25(30)27(24(22)29)20-8-4-3-5-9-20/h3-5,8-13,17-18,28H,6-7,14-16H2,1-2H3. The van der Waals surface area contributed by atoms with Crippen LogP contribution in [0, 0.1) is 5.92 Å². The van der Waals surface area contributed by atoms with Gasteiger partial charge < -0.3 is 14.7 Å². The molecule has 0 bridgehead atoms. The lowest BCUT2D eigenvalue weighted by Gasteiger charge is -2.34. The van der Waals surface area contributed by atoms with E-state index in [0.717, 1.165) is 18.6 Å². The number of carbonyl (C=O) groups excluding carboxylic acids is 2. The first kappa shape index (κ1) is 21.1. The highest BCUT2D eigenvalue weighted by Gasteiger charge is 2.43. The second-order valence-corrected chi connectivity index (χ2v) is 8.33. The van der Waals surface area contributed by atoms with Gasteiger partial charge in [-0.2, -0.15) is 0 Å². The number of aliphatic hydroxyl groups excluding tert-OH is 1. The van der Waals surface area contributed by atoms with Crippen molar-refractivity contribution >= 4 is 23.1 Å². The zero-order valence-electron chi connectivity index (χ0n) is 18.0. The van der Waals surface area contributed by atoms with Crippen LogP contribution in [0.2, 0.25) is 0 Å². The van der Waals surface area contributed by atoms with Gasteiger partial charge in [0, 0.05) is 19.7 Å². The minimum absolute atomic E-state index is 0.0488. The monoisotopic (exact) mass is 420 g/mol. The van der Waals surface area contributed by atoms with E-state index < -0.39 is 0 Å². The second kappa shape index (κ2) is 8.94. The zero-order valence-corrected chi connectivity index (χ0v) is 18.0. The van der Waals surface area contributed by atoms with Crippen molar-refractivity contribution in [2.24, 2.45) is 5.92 Å². The molecule has 2 aromatic rings. The van der Waals surface area contributed by atoms with Gasteiger partial charge in [0.25, 0.3) is 11.8 Å². The molecule has 2 amide bonds. The molecule has 1 N–H and O–H groups in total. The molecule has 0 spiro atoms. The van der Waals surface area contributed by atoms with Gasteiger partial charge in [-0.25, -0.2) is 4.90 Å². The Morgan fingerprint density at radius 1 is 1.03 bits per heavy atom. The molecule has 6 nitrogen and oxygen atoms in total. The molecule has 1 unspecified atom stereocenters. The fraction of sp³-hybridized carbons (Fsp3) is 0.360. The number of ether oxygens (including phenoxy) is 1. The van der Waals surface area contributed by atoms with Crippen molar-refractivity contribution in [2.45, 2.75) is 32.8 Å². The number of hydrogen-bond donors (Lipinski definition) is 1. The van der Waals surface area contributed by atoms with Gasteiger partial charge in [0.05, 0.1) is 17.4 Å². The molecule has 1 fully saturated rings. The maximum Gasteiger partial charge on any atom is 0.282 e. The van der Waals surface area contributed by atoms with Crippen LogP contribution in [-0.4, -0.2) is 47.6 Å². The lowest BCUT2D eigenvalue weighted by atomic mass is 9.97. The Bertz CT molecular complexity index is 982. The Morgan fingerprint density at radius 3 is 2.39 bits per heavy atom. The zero-order chi connectivity index (χ0) is 22.0. The third-order valence-corrected chi connectivity index (χ3v) is 5.68. The second-order valence-electron chi connectivity index (χ2n) is 8.33. The van der Waals surface area contributed by atoms with Gasteiger partial charge in [-0.3, -0.25) is 9.59 Å². The molecule has 4 rings (SSSR count). The molecule has 0 aromatic heterocycles. The maximum absolute atomic E-state index is 13.5. The number of carbonyl (C=O) groups is 2. The summed E-state index contributed by atoms with van der Waals surface area (Å²) in [5, 5.41) is 9.67. The number of rotatable bonds is 6. The largest absolute Gasteiger partial charge is 0.491 e. The Hall–Kier alpha value is -3.12. The lowest BCUT2D eigenvalue weighted by molar-refractivity contribution is -0.120. The van der Waals surface area contributed by atoms with E-state index in [4.69, 9.17) is 4.74 Å². The number of amides is 2. The first-order chi connectivity index (χ1) is 15.0. The molecular weight excluding hydrogens is 392 g/mol. The number of benzene rings is 2. The summed E-state index contributed by atoms with van der Waals surface area (Å²) in [6, 6.07) is 16.3. The summed E-state index contributed by atoms with van der Waals surface area (Å²) in [7, 11) is 0. The molecule has 6 heteroatoms. The minimum atomic E-state index is -0.324. The Labute approximate surface area is 182 Å². The van der Waals surface area contributed by atoms with Gasteiger partial charge in [-0.1, -0.05) is 30.3 Å². The third kappa shape index (κ3) is 4.21. The van der Waals surface area contributed by atoms with Crippen molar-refractivity contribution in [2.75, 3.05) is 24.6 Å². The molecule has 1 atom stereocenters. The average molecular weight is 421 g/mol. The van der Waals surface area contributed by atoms with Crippen LogP contribution < -0.4 is 9.64 Å². The third-order valence-electron chi connectivity index (χ3n) is 5.68. The lowest BCUT2D eigenvalue weighted by Crippen LogP contribution is -2.40. The maximum atomic E-state index is 13.5. The summed E-state index contributed by atoms with van der Waals surface area (Å²) in [6.07, 6.45) is 1.84. The molecule has 0 aliphatic carbocycles. The highest BCUT2D eigenvalue weighted by molar-refractivity contribution is 6.45. The van der Waals surface area contributed by atoms with Crippen molar-refractivity contribution < 1.29 is 19.4 Å². The molecule has 2 aromatic carbocycles. The predicted molar refractivity (Wildman–Crippen MR) is 119 cm³/mol. The van der Waals surface area contributed by atoms with Crippen LogP contribution in [0.25, 0.3) is 5.57 Å². The molecule has 2 heterocycles. The molecular formula is C25H28N2O4. The van der Waals surface area contributed by atoms with Crippen LogP contribution in [0.4, 0.5) is 5.69 Å². The number of para-hydroxylation sites is 1. The van der Waals surface area contributed by atoms with Crippen molar-refractivity contribution in [1.29, 1.82) is 0 Å².